The van der Waals surface area contributed by atoms with E-state index in [1.807, 2.05) is 37.3 Å². The molecular formula is C38H30Cl3N3O4S. The van der Waals surface area contributed by atoms with E-state index in [4.69, 9.17) is 39.5 Å². The fraction of sp³-hybridized carbons (Fsp3) is 0.0789. The molecule has 0 radical (unpaired) electrons. The molecule has 0 fully saturated rings. The number of amides is 3. The molecule has 1 unspecified atom stereocenters. The number of carbonyl (C=O) groups excluding carboxylic acids is 3. The van der Waals surface area contributed by atoms with Gasteiger partial charge in [0.15, 0.2) is 0 Å². The summed E-state index contributed by atoms with van der Waals surface area (Å²) in [5.74, 6) is -0.845. The zero-order valence-electron chi connectivity index (χ0n) is 26.3. The van der Waals surface area contributed by atoms with Crippen LogP contribution in [0.5, 0.6) is 5.75 Å². The summed E-state index contributed by atoms with van der Waals surface area (Å²) < 4.78 is 5.46. The largest absolute Gasteiger partial charge is 0.495 e. The van der Waals surface area contributed by atoms with Gasteiger partial charge in [0.1, 0.15) is 16.7 Å². The summed E-state index contributed by atoms with van der Waals surface area (Å²) in [5, 5.41) is 8.99. The van der Waals surface area contributed by atoms with Crippen molar-refractivity contribution in [3.05, 3.63) is 158 Å². The van der Waals surface area contributed by atoms with Gasteiger partial charge in [-0.3, -0.25) is 14.4 Å². The lowest BCUT2D eigenvalue weighted by molar-refractivity contribution is -0.116. The van der Waals surface area contributed by atoms with E-state index in [-0.39, 0.29) is 16.6 Å². The van der Waals surface area contributed by atoms with Crippen LogP contribution in [0.1, 0.15) is 32.3 Å². The minimum Gasteiger partial charge on any atom is -0.495 e. The Labute approximate surface area is 303 Å². The maximum Gasteiger partial charge on any atom is 0.272 e. The van der Waals surface area contributed by atoms with Crippen LogP contribution in [0.4, 0.5) is 11.4 Å². The number of hydrogen-bond acceptors (Lipinski definition) is 5. The number of carbonyl (C=O) groups is 3. The van der Waals surface area contributed by atoms with E-state index >= 15 is 0 Å². The predicted molar refractivity (Wildman–Crippen MR) is 200 cm³/mol. The Morgan fingerprint density at radius 2 is 1.45 bits per heavy atom. The van der Waals surface area contributed by atoms with Crippen LogP contribution >= 0.6 is 46.6 Å². The first-order valence-corrected chi connectivity index (χ1v) is 16.9. The van der Waals surface area contributed by atoms with Crippen molar-refractivity contribution in [2.24, 2.45) is 0 Å². The molecule has 248 valence electrons. The topological polar surface area (TPSA) is 96.5 Å². The first-order chi connectivity index (χ1) is 23.6. The molecule has 5 aromatic rings. The number of hydrogen-bond donors (Lipinski definition) is 3. The molecule has 3 N–H and O–H groups in total. The molecule has 3 amide bonds. The number of methoxy groups -OCH3 is 1. The fourth-order valence-corrected chi connectivity index (χ4v) is 6.25. The summed E-state index contributed by atoms with van der Waals surface area (Å²) in [6.45, 7) is 1.85. The lowest BCUT2D eigenvalue weighted by Crippen LogP contribution is -2.30. The number of aryl methyl sites for hydroxylation is 1. The Kier molecular flexibility index (Phi) is 12.0. The first-order valence-electron chi connectivity index (χ1n) is 14.9. The van der Waals surface area contributed by atoms with Crippen molar-refractivity contribution in [2.45, 2.75) is 17.1 Å². The number of thioether (sulfide) groups is 1. The quantitative estimate of drug-likeness (QED) is 0.0929. The van der Waals surface area contributed by atoms with Crippen LogP contribution in [0.3, 0.4) is 0 Å². The van der Waals surface area contributed by atoms with Crippen LogP contribution in [0.2, 0.25) is 15.1 Å². The van der Waals surface area contributed by atoms with Gasteiger partial charge in [-0.1, -0.05) is 95.5 Å². The molecule has 0 spiro atoms. The van der Waals surface area contributed by atoms with Crippen molar-refractivity contribution < 1.29 is 19.1 Å². The third-order valence-corrected chi connectivity index (χ3v) is 9.76. The molecule has 5 aromatic carbocycles. The van der Waals surface area contributed by atoms with Crippen molar-refractivity contribution in [3.63, 3.8) is 0 Å². The van der Waals surface area contributed by atoms with Gasteiger partial charge in [0.25, 0.3) is 11.8 Å². The molecule has 0 saturated heterocycles. The van der Waals surface area contributed by atoms with Crippen LogP contribution in [0, 0.1) is 6.92 Å². The molecule has 0 heterocycles. The highest BCUT2D eigenvalue weighted by atomic mass is 35.5. The van der Waals surface area contributed by atoms with E-state index in [1.54, 1.807) is 84.9 Å². The van der Waals surface area contributed by atoms with Crippen molar-refractivity contribution >= 4 is 81.7 Å². The number of ether oxygens (including phenoxy) is 1. The van der Waals surface area contributed by atoms with Crippen molar-refractivity contribution in [1.29, 1.82) is 0 Å². The van der Waals surface area contributed by atoms with Gasteiger partial charge in [-0.05, 0) is 78.2 Å². The second-order valence-corrected chi connectivity index (χ2v) is 13.1. The van der Waals surface area contributed by atoms with Gasteiger partial charge in [-0.15, -0.1) is 11.8 Å². The average molecular weight is 731 g/mol. The molecule has 0 bridgehead atoms. The van der Waals surface area contributed by atoms with E-state index in [0.29, 0.717) is 38.3 Å². The van der Waals surface area contributed by atoms with Gasteiger partial charge < -0.3 is 20.7 Å². The number of rotatable bonds is 11. The van der Waals surface area contributed by atoms with Crippen LogP contribution in [0.25, 0.3) is 6.08 Å². The summed E-state index contributed by atoms with van der Waals surface area (Å²) in [5.41, 5.74) is 3.37. The molecule has 5 rings (SSSR count). The molecule has 0 aliphatic carbocycles. The monoisotopic (exact) mass is 729 g/mol. The number of benzene rings is 5. The molecule has 11 heteroatoms. The fourth-order valence-electron chi connectivity index (χ4n) is 4.71. The summed E-state index contributed by atoms with van der Waals surface area (Å²) in [6.07, 6.45) is 1.47. The van der Waals surface area contributed by atoms with E-state index in [9.17, 15) is 14.4 Å². The van der Waals surface area contributed by atoms with Gasteiger partial charge in [-0.25, -0.2) is 0 Å². The molecule has 0 aliphatic rings. The van der Waals surface area contributed by atoms with E-state index in [2.05, 4.69) is 16.0 Å². The average Bonchev–Trinajstić information content (AvgIpc) is 3.11. The van der Waals surface area contributed by atoms with Crippen LogP contribution in [0.15, 0.2) is 126 Å². The number of nitrogens with one attached hydrogen (secondary N) is 3. The number of halogens is 3. The minimum absolute atomic E-state index is 0.0369. The highest BCUT2D eigenvalue weighted by molar-refractivity contribution is 8.00. The molecule has 0 saturated carbocycles. The highest BCUT2D eigenvalue weighted by Crippen LogP contribution is 2.38. The number of anilines is 2. The van der Waals surface area contributed by atoms with Gasteiger partial charge in [-0.2, -0.15) is 0 Å². The van der Waals surface area contributed by atoms with Crippen molar-refractivity contribution in [2.75, 3.05) is 17.7 Å². The summed E-state index contributed by atoms with van der Waals surface area (Å²) in [6, 6.07) is 33.4. The first kappa shape index (κ1) is 35.6. The van der Waals surface area contributed by atoms with Gasteiger partial charge >= 0.3 is 0 Å². The van der Waals surface area contributed by atoms with Gasteiger partial charge in [0.2, 0.25) is 5.91 Å². The SMILES string of the molecule is COc1cc(Cl)c(C)cc1NC(=O)C(Sc1ccc(NC(=O)/C(=C/c2cccc(Cl)c2Cl)NC(=O)c2ccccc2)cc1)c1ccccc1. The zero-order chi connectivity index (χ0) is 34.9. The minimum atomic E-state index is -0.618. The van der Waals surface area contributed by atoms with Crippen molar-refractivity contribution in [3.8, 4) is 5.75 Å². The smallest absolute Gasteiger partial charge is 0.272 e. The van der Waals surface area contributed by atoms with Crippen molar-refractivity contribution in [1.82, 2.24) is 5.32 Å². The maximum absolute atomic E-state index is 13.7. The van der Waals surface area contributed by atoms with Crippen LogP contribution in [-0.4, -0.2) is 24.8 Å². The maximum atomic E-state index is 13.7. The van der Waals surface area contributed by atoms with Crippen LogP contribution in [-0.2, 0) is 9.59 Å². The Bertz CT molecular complexity index is 2010. The molecule has 0 aromatic heterocycles. The third kappa shape index (κ3) is 9.25. The van der Waals surface area contributed by atoms with E-state index in [0.717, 1.165) is 16.0 Å². The Hall–Kier alpha value is -4.73. The summed E-state index contributed by atoms with van der Waals surface area (Å²) in [7, 11) is 1.52. The van der Waals surface area contributed by atoms with E-state index in [1.165, 1.54) is 24.9 Å². The normalized spacial score (nSPS) is 11.7. The molecule has 1 atom stereocenters. The predicted octanol–water partition coefficient (Wildman–Crippen LogP) is 9.85. The zero-order valence-corrected chi connectivity index (χ0v) is 29.4. The van der Waals surface area contributed by atoms with Gasteiger partial charge in [0, 0.05) is 27.2 Å². The van der Waals surface area contributed by atoms with Crippen LogP contribution < -0.4 is 20.7 Å². The van der Waals surface area contributed by atoms with Gasteiger partial charge in [0.05, 0.1) is 22.8 Å². The molecule has 0 aliphatic heterocycles. The lowest BCUT2D eigenvalue weighted by atomic mass is 10.1. The lowest BCUT2D eigenvalue weighted by Gasteiger charge is -2.19. The molecule has 7 nitrogen and oxygen atoms in total. The second-order valence-electron chi connectivity index (χ2n) is 10.7. The third-order valence-electron chi connectivity index (χ3n) is 7.26. The Morgan fingerprint density at radius 3 is 2.12 bits per heavy atom. The standard InChI is InChI=1S/C38H30Cl3N3O4S/c1-23-20-31(33(48-2)22-30(23)40)43-38(47)35(24-10-5-3-6-11-24)49-28-18-16-27(17-19-28)42-37(46)32(21-26-14-9-15-29(39)34(26)41)44-36(45)25-12-7-4-8-13-25/h3-22,35H,1-2H3,(H,42,46)(H,43,47)(H,44,45)/b32-21-. The molecular weight excluding hydrogens is 701 g/mol. The summed E-state index contributed by atoms with van der Waals surface area (Å²) >= 11 is 20.2. The van der Waals surface area contributed by atoms with E-state index < -0.39 is 17.1 Å². The Balaban J connectivity index is 1.36. The second kappa shape index (κ2) is 16.6. The highest BCUT2D eigenvalue weighted by Gasteiger charge is 2.24. The Morgan fingerprint density at radius 1 is 0.776 bits per heavy atom. The molecule has 49 heavy (non-hydrogen) atoms. The summed E-state index contributed by atoms with van der Waals surface area (Å²) in [4.78, 5) is 41.1.